The van der Waals surface area contributed by atoms with E-state index in [0.29, 0.717) is 38.7 Å². The highest BCUT2D eigenvalue weighted by Crippen LogP contribution is 2.29. The van der Waals surface area contributed by atoms with E-state index in [4.69, 9.17) is 16.3 Å². The molecule has 234 valence electrons. The van der Waals surface area contributed by atoms with E-state index in [-0.39, 0.29) is 36.5 Å². The van der Waals surface area contributed by atoms with Crippen LogP contribution >= 0.6 is 27.5 Å². The second-order valence-corrected chi connectivity index (χ2v) is 12.6. The predicted octanol–water partition coefficient (Wildman–Crippen LogP) is 5.32. The molecule has 1 fully saturated rings. The summed E-state index contributed by atoms with van der Waals surface area (Å²) in [6.07, 6.45) is 5.32. The first-order chi connectivity index (χ1) is 22.3. The zero-order valence-electron chi connectivity index (χ0n) is 24.8. The molecule has 3 heterocycles. The molecule has 0 saturated heterocycles. The summed E-state index contributed by atoms with van der Waals surface area (Å²) in [4.78, 5) is 47.5. The standard InChI is InChI=1S/C33H29BrClN7O4/c1-20(25-4-2-3-5-28(25)41-19-36-18-37-41)38-31(43)30-29-17-39(32(44)21-6-13-26(34)27(35)16-21)14-15-40(29)33(45)42(30)22-7-9-23(10-8-22)46-24-11-12-24/h2-10,13,16,18-20,24H,11-12,14-15,17H2,1H3,(H,38,43)/t20-/m0/s1. The van der Waals surface area contributed by atoms with Gasteiger partial charge < -0.3 is 15.0 Å². The first-order valence-corrected chi connectivity index (χ1v) is 16.1. The number of nitrogens with one attached hydrogen (secondary N) is 1. The number of nitrogens with zero attached hydrogens (tertiary/aromatic N) is 6. The summed E-state index contributed by atoms with van der Waals surface area (Å²) < 4.78 is 11.2. The van der Waals surface area contributed by atoms with Gasteiger partial charge in [-0.15, -0.1) is 0 Å². The molecular weight excluding hydrogens is 674 g/mol. The zero-order chi connectivity index (χ0) is 31.9. The molecule has 13 heteroatoms. The topological polar surface area (TPSA) is 116 Å². The number of imidazole rings is 1. The molecule has 0 bridgehead atoms. The molecule has 7 rings (SSSR count). The van der Waals surface area contributed by atoms with Crippen LogP contribution in [0, 0.1) is 0 Å². The van der Waals surface area contributed by atoms with E-state index in [1.54, 1.807) is 50.8 Å². The van der Waals surface area contributed by atoms with Crippen molar-refractivity contribution in [2.75, 3.05) is 6.54 Å². The van der Waals surface area contributed by atoms with Crippen molar-refractivity contribution in [3.05, 3.63) is 122 Å². The Morgan fingerprint density at radius 1 is 1.07 bits per heavy atom. The van der Waals surface area contributed by atoms with Gasteiger partial charge >= 0.3 is 5.69 Å². The summed E-state index contributed by atoms with van der Waals surface area (Å²) in [6, 6.07) is 19.3. The van der Waals surface area contributed by atoms with Crippen molar-refractivity contribution in [1.29, 1.82) is 0 Å². The summed E-state index contributed by atoms with van der Waals surface area (Å²) in [6.45, 7) is 2.45. The minimum absolute atomic E-state index is 0.0598. The summed E-state index contributed by atoms with van der Waals surface area (Å²) in [5.41, 5.74) is 2.77. The van der Waals surface area contributed by atoms with Crippen molar-refractivity contribution in [1.82, 2.24) is 34.1 Å². The second-order valence-electron chi connectivity index (χ2n) is 11.3. The Kier molecular flexibility index (Phi) is 7.99. The van der Waals surface area contributed by atoms with Gasteiger partial charge in [0.05, 0.1) is 40.8 Å². The van der Waals surface area contributed by atoms with Crippen LogP contribution in [0.1, 0.15) is 57.9 Å². The first-order valence-electron chi connectivity index (χ1n) is 14.9. The van der Waals surface area contributed by atoms with Crippen LogP contribution < -0.4 is 15.7 Å². The number of carbonyl (C=O) groups is 2. The smallest absolute Gasteiger partial charge is 0.333 e. The fourth-order valence-corrected chi connectivity index (χ4v) is 6.13. The Hall–Kier alpha value is -4.68. The van der Waals surface area contributed by atoms with Gasteiger partial charge in [-0.1, -0.05) is 29.8 Å². The van der Waals surface area contributed by atoms with Gasteiger partial charge in [-0.3, -0.25) is 18.7 Å². The maximum absolute atomic E-state index is 14.3. The third-order valence-electron chi connectivity index (χ3n) is 8.19. The average molecular weight is 703 g/mol. The van der Waals surface area contributed by atoms with E-state index in [2.05, 4.69) is 31.3 Å². The second kappa shape index (κ2) is 12.3. The molecule has 1 saturated carbocycles. The van der Waals surface area contributed by atoms with Crippen LogP contribution in [0.2, 0.25) is 5.02 Å². The molecule has 2 aromatic heterocycles. The van der Waals surface area contributed by atoms with E-state index < -0.39 is 11.9 Å². The van der Waals surface area contributed by atoms with Crippen LogP contribution in [0.3, 0.4) is 0 Å². The van der Waals surface area contributed by atoms with Crippen LogP contribution in [0.15, 0.2) is 88.7 Å². The molecule has 2 amide bonds. The Morgan fingerprint density at radius 2 is 1.85 bits per heavy atom. The van der Waals surface area contributed by atoms with Gasteiger partial charge in [-0.2, -0.15) is 5.10 Å². The number of carbonyl (C=O) groups excluding carboxylic acids is 2. The number of benzene rings is 3. The van der Waals surface area contributed by atoms with Gasteiger partial charge in [-0.25, -0.2) is 14.5 Å². The fraction of sp³-hybridized carbons (Fsp3) is 0.242. The van der Waals surface area contributed by atoms with E-state index in [0.717, 1.165) is 24.1 Å². The summed E-state index contributed by atoms with van der Waals surface area (Å²) >= 11 is 9.65. The highest BCUT2D eigenvalue weighted by atomic mass is 79.9. The Bertz CT molecular complexity index is 2000. The van der Waals surface area contributed by atoms with Gasteiger partial charge in [-0.05, 0) is 89.8 Å². The lowest BCUT2D eigenvalue weighted by atomic mass is 10.1. The van der Waals surface area contributed by atoms with E-state index >= 15 is 0 Å². The quantitative estimate of drug-likeness (QED) is 0.234. The molecule has 0 unspecified atom stereocenters. The largest absolute Gasteiger partial charge is 0.490 e. The number of fused-ring (bicyclic) bond motifs is 1. The van der Waals surface area contributed by atoms with Crippen LogP contribution in [-0.4, -0.2) is 53.3 Å². The molecule has 46 heavy (non-hydrogen) atoms. The number of aromatic nitrogens is 5. The minimum atomic E-state index is -0.465. The lowest BCUT2D eigenvalue weighted by Gasteiger charge is -2.28. The maximum Gasteiger partial charge on any atom is 0.333 e. The molecule has 1 aliphatic carbocycles. The Morgan fingerprint density at radius 3 is 2.57 bits per heavy atom. The van der Waals surface area contributed by atoms with E-state index in [1.807, 2.05) is 43.3 Å². The van der Waals surface area contributed by atoms with Crippen LogP contribution in [0.4, 0.5) is 0 Å². The predicted molar refractivity (Wildman–Crippen MR) is 175 cm³/mol. The SMILES string of the molecule is C[C@H](NC(=O)c1c2n(c(=O)n1-c1ccc(OC3CC3)cc1)CCN(C(=O)c1ccc(Br)c(Cl)c1)C2)c1ccccc1-n1cncn1. The number of amides is 2. The van der Waals surface area contributed by atoms with Gasteiger partial charge in [0.2, 0.25) is 0 Å². The van der Waals surface area contributed by atoms with Crippen molar-refractivity contribution in [3.8, 4) is 17.1 Å². The number of para-hydroxylation sites is 1. The average Bonchev–Trinajstić information content (AvgIpc) is 3.60. The third-order valence-corrected chi connectivity index (χ3v) is 9.42. The Labute approximate surface area is 277 Å². The maximum atomic E-state index is 14.3. The van der Waals surface area contributed by atoms with Crippen LogP contribution in [0.25, 0.3) is 11.4 Å². The fourth-order valence-electron chi connectivity index (χ4n) is 5.71. The lowest BCUT2D eigenvalue weighted by molar-refractivity contribution is 0.0706. The summed E-state index contributed by atoms with van der Waals surface area (Å²) in [5, 5.41) is 7.77. The lowest BCUT2D eigenvalue weighted by Crippen LogP contribution is -2.41. The molecule has 5 aromatic rings. The van der Waals surface area contributed by atoms with Crippen molar-refractivity contribution in [2.45, 2.75) is 45.0 Å². The van der Waals surface area contributed by atoms with Crippen molar-refractivity contribution < 1.29 is 14.3 Å². The number of rotatable bonds is 8. The minimum Gasteiger partial charge on any atom is -0.490 e. The van der Waals surface area contributed by atoms with Crippen molar-refractivity contribution >= 4 is 39.3 Å². The molecule has 0 spiro atoms. The van der Waals surface area contributed by atoms with E-state index in [9.17, 15) is 14.4 Å². The number of halogens is 2. The molecule has 1 N–H and O–H groups in total. The van der Waals surface area contributed by atoms with Crippen LogP contribution in [0.5, 0.6) is 5.75 Å². The van der Waals surface area contributed by atoms with Gasteiger partial charge in [0.15, 0.2) is 0 Å². The monoisotopic (exact) mass is 701 g/mol. The molecule has 11 nitrogen and oxygen atoms in total. The number of hydrogen-bond acceptors (Lipinski definition) is 6. The molecule has 0 radical (unpaired) electrons. The number of hydrogen-bond donors (Lipinski definition) is 1. The van der Waals surface area contributed by atoms with Crippen molar-refractivity contribution in [3.63, 3.8) is 0 Å². The Balaban J connectivity index is 1.26. The van der Waals surface area contributed by atoms with Crippen LogP contribution in [-0.2, 0) is 13.1 Å². The van der Waals surface area contributed by atoms with Gasteiger partial charge in [0.1, 0.15) is 24.1 Å². The normalized spacial score (nSPS) is 14.9. The highest BCUT2D eigenvalue weighted by molar-refractivity contribution is 9.10. The third kappa shape index (κ3) is 5.74. The molecular formula is C33H29BrClN7O4. The van der Waals surface area contributed by atoms with E-state index in [1.165, 1.54) is 10.9 Å². The number of ether oxygens (including phenoxy) is 1. The zero-order valence-corrected chi connectivity index (χ0v) is 27.1. The van der Waals surface area contributed by atoms with Crippen molar-refractivity contribution in [2.24, 2.45) is 0 Å². The molecule has 1 atom stereocenters. The summed E-state index contributed by atoms with van der Waals surface area (Å²) in [7, 11) is 0. The van der Waals surface area contributed by atoms with Gasteiger partial charge in [0.25, 0.3) is 11.8 Å². The highest BCUT2D eigenvalue weighted by Gasteiger charge is 2.33. The molecule has 2 aliphatic rings. The molecule has 3 aromatic carbocycles. The molecule has 1 aliphatic heterocycles. The van der Waals surface area contributed by atoms with Gasteiger partial charge in [0, 0.05) is 23.1 Å². The summed E-state index contributed by atoms with van der Waals surface area (Å²) in [5.74, 6) is 0.00694. The first kappa shape index (κ1) is 30.0.